The van der Waals surface area contributed by atoms with Crippen LogP contribution in [0.15, 0.2) is 0 Å². The summed E-state index contributed by atoms with van der Waals surface area (Å²) >= 11 is 0. The maximum Gasteiger partial charge on any atom is 0.409 e. The number of ether oxygens (including phenoxy) is 1. The zero-order chi connectivity index (χ0) is 12.0. The summed E-state index contributed by atoms with van der Waals surface area (Å²) in [5.74, 6) is -0.320. The average molecular weight is 216 g/mol. The Hall–Kier alpha value is -1.26. The van der Waals surface area contributed by atoms with Crippen LogP contribution in [-0.2, 0) is 9.53 Å². The SMILES string of the molecule is CNC(=O)C(C)CN(C)C(=O)OC(C)C. The van der Waals surface area contributed by atoms with Crippen LogP contribution in [0.1, 0.15) is 20.8 Å². The van der Waals surface area contributed by atoms with Crippen molar-refractivity contribution in [2.75, 3.05) is 20.6 Å². The summed E-state index contributed by atoms with van der Waals surface area (Å²) in [6.45, 7) is 5.69. The topological polar surface area (TPSA) is 58.6 Å². The van der Waals surface area contributed by atoms with Gasteiger partial charge in [0.1, 0.15) is 0 Å². The molecule has 0 saturated carbocycles. The number of carbonyl (C=O) groups excluding carboxylic acids is 2. The Morgan fingerprint density at radius 2 is 1.87 bits per heavy atom. The first-order valence-corrected chi connectivity index (χ1v) is 5.01. The van der Waals surface area contributed by atoms with Gasteiger partial charge in [-0.25, -0.2) is 4.79 Å². The lowest BCUT2D eigenvalue weighted by Gasteiger charge is -2.21. The highest BCUT2D eigenvalue weighted by molar-refractivity contribution is 5.78. The molecule has 0 aromatic carbocycles. The molecule has 1 N–H and O–H groups in total. The first-order chi connectivity index (χ1) is 6.88. The van der Waals surface area contributed by atoms with Gasteiger partial charge in [0, 0.05) is 20.6 Å². The average Bonchev–Trinajstić information content (AvgIpc) is 2.15. The smallest absolute Gasteiger partial charge is 0.409 e. The van der Waals surface area contributed by atoms with Gasteiger partial charge in [0.25, 0.3) is 0 Å². The predicted molar refractivity (Wildman–Crippen MR) is 57.5 cm³/mol. The lowest BCUT2D eigenvalue weighted by atomic mass is 10.1. The molecule has 0 saturated heterocycles. The molecule has 0 radical (unpaired) electrons. The molecule has 0 bridgehead atoms. The second-order valence-electron chi connectivity index (χ2n) is 3.83. The molecule has 15 heavy (non-hydrogen) atoms. The molecule has 0 heterocycles. The number of nitrogens with zero attached hydrogens (tertiary/aromatic N) is 1. The maximum absolute atomic E-state index is 11.4. The molecular formula is C10H20N2O3. The van der Waals surface area contributed by atoms with Crippen molar-refractivity contribution in [1.29, 1.82) is 0 Å². The van der Waals surface area contributed by atoms with Gasteiger partial charge in [-0.1, -0.05) is 6.92 Å². The summed E-state index contributed by atoms with van der Waals surface area (Å²) in [5.41, 5.74) is 0. The van der Waals surface area contributed by atoms with Gasteiger partial charge in [-0.2, -0.15) is 0 Å². The number of rotatable bonds is 4. The van der Waals surface area contributed by atoms with Crippen LogP contribution >= 0.6 is 0 Å². The number of nitrogens with one attached hydrogen (secondary N) is 1. The fourth-order valence-corrected chi connectivity index (χ4v) is 1.11. The van der Waals surface area contributed by atoms with Crippen molar-refractivity contribution in [2.45, 2.75) is 26.9 Å². The fourth-order valence-electron chi connectivity index (χ4n) is 1.11. The van der Waals surface area contributed by atoms with Crippen molar-refractivity contribution in [3.63, 3.8) is 0 Å². The van der Waals surface area contributed by atoms with Gasteiger partial charge in [0.05, 0.1) is 12.0 Å². The molecule has 0 aromatic rings. The van der Waals surface area contributed by atoms with Crippen molar-refractivity contribution in [2.24, 2.45) is 5.92 Å². The number of hydrogen-bond donors (Lipinski definition) is 1. The molecule has 1 atom stereocenters. The van der Waals surface area contributed by atoms with Crippen molar-refractivity contribution in [1.82, 2.24) is 10.2 Å². The zero-order valence-corrected chi connectivity index (χ0v) is 10.0. The Morgan fingerprint density at radius 3 is 2.27 bits per heavy atom. The highest BCUT2D eigenvalue weighted by atomic mass is 16.6. The molecule has 5 heteroatoms. The molecule has 0 aliphatic rings. The lowest BCUT2D eigenvalue weighted by Crippen LogP contribution is -2.38. The van der Waals surface area contributed by atoms with Crippen LogP contribution in [0.2, 0.25) is 0 Å². The minimum Gasteiger partial charge on any atom is -0.447 e. The Labute approximate surface area is 90.8 Å². The van der Waals surface area contributed by atoms with Crippen molar-refractivity contribution < 1.29 is 14.3 Å². The first kappa shape index (κ1) is 13.7. The van der Waals surface area contributed by atoms with E-state index in [4.69, 9.17) is 4.74 Å². The third kappa shape index (κ3) is 5.24. The molecule has 0 aromatic heterocycles. The van der Waals surface area contributed by atoms with Crippen LogP contribution < -0.4 is 5.32 Å². The van der Waals surface area contributed by atoms with Gasteiger partial charge >= 0.3 is 6.09 Å². The van der Waals surface area contributed by atoms with Gasteiger partial charge in [-0.3, -0.25) is 4.79 Å². The van der Waals surface area contributed by atoms with E-state index in [0.29, 0.717) is 6.54 Å². The summed E-state index contributed by atoms with van der Waals surface area (Å²) in [6, 6.07) is 0. The lowest BCUT2D eigenvalue weighted by molar-refractivity contribution is -0.124. The van der Waals surface area contributed by atoms with Crippen LogP contribution in [0.25, 0.3) is 0 Å². The Morgan fingerprint density at radius 1 is 1.33 bits per heavy atom. The predicted octanol–water partition coefficient (Wildman–Crippen LogP) is 0.845. The molecule has 88 valence electrons. The van der Waals surface area contributed by atoms with Crippen molar-refractivity contribution >= 4 is 12.0 Å². The van der Waals surface area contributed by atoms with E-state index >= 15 is 0 Å². The Bertz CT molecular complexity index is 229. The van der Waals surface area contributed by atoms with Crippen molar-refractivity contribution in [3.8, 4) is 0 Å². The van der Waals surface area contributed by atoms with Crippen molar-refractivity contribution in [3.05, 3.63) is 0 Å². The molecule has 0 spiro atoms. The monoisotopic (exact) mass is 216 g/mol. The molecule has 0 rings (SSSR count). The van der Waals surface area contributed by atoms with Crippen LogP contribution in [0.5, 0.6) is 0 Å². The summed E-state index contributed by atoms with van der Waals surface area (Å²) in [5, 5.41) is 2.53. The highest BCUT2D eigenvalue weighted by Crippen LogP contribution is 2.01. The maximum atomic E-state index is 11.4. The third-order valence-corrected chi connectivity index (χ3v) is 1.89. The van der Waals surface area contributed by atoms with Crippen LogP contribution in [-0.4, -0.2) is 43.6 Å². The molecule has 5 nitrogen and oxygen atoms in total. The van der Waals surface area contributed by atoms with Gasteiger partial charge in [0.15, 0.2) is 0 Å². The van der Waals surface area contributed by atoms with Gasteiger partial charge in [-0.15, -0.1) is 0 Å². The van der Waals surface area contributed by atoms with E-state index in [-0.39, 0.29) is 17.9 Å². The first-order valence-electron chi connectivity index (χ1n) is 5.01. The molecule has 1 unspecified atom stereocenters. The van der Waals surface area contributed by atoms with E-state index in [1.165, 1.54) is 4.90 Å². The third-order valence-electron chi connectivity index (χ3n) is 1.89. The number of carbonyl (C=O) groups is 2. The van der Waals surface area contributed by atoms with E-state index in [1.54, 1.807) is 34.9 Å². The van der Waals surface area contributed by atoms with Gasteiger partial charge < -0.3 is 15.0 Å². The highest BCUT2D eigenvalue weighted by Gasteiger charge is 2.18. The molecule has 0 fully saturated rings. The van der Waals surface area contributed by atoms with E-state index in [2.05, 4.69) is 5.32 Å². The normalized spacial score (nSPS) is 12.1. The summed E-state index contributed by atoms with van der Waals surface area (Å²) in [4.78, 5) is 24.0. The molecular weight excluding hydrogens is 196 g/mol. The molecule has 0 aliphatic carbocycles. The largest absolute Gasteiger partial charge is 0.447 e. The number of amides is 2. The minimum absolute atomic E-state index is 0.0841. The Balaban J connectivity index is 4.06. The standard InChI is InChI=1S/C10H20N2O3/c1-7(2)15-10(14)12(5)6-8(3)9(13)11-4/h7-8H,6H2,1-5H3,(H,11,13). The Kier molecular flexibility index (Phi) is 5.74. The second kappa shape index (κ2) is 6.27. The summed E-state index contributed by atoms with van der Waals surface area (Å²) in [7, 11) is 3.19. The van der Waals surface area contributed by atoms with Crippen LogP contribution in [0, 0.1) is 5.92 Å². The van der Waals surface area contributed by atoms with Crippen LogP contribution in [0.3, 0.4) is 0 Å². The van der Waals surface area contributed by atoms with Crippen LogP contribution in [0.4, 0.5) is 4.79 Å². The van der Waals surface area contributed by atoms with E-state index in [1.807, 2.05) is 0 Å². The second-order valence-corrected chi connectivity index (χ2v) is 3.83. The van der Waals surface area contributed by atoms with E-state index in [9.17, 15) is 9.59 Å². The van der Waals surface area contributed by atoms with Gasteiger partial charge in [0.2, 0.25) is 5.91 Å². The zero-order valence-electron chi connectivity index (χ0n) is 10.0. The quantitative estimate of drug-likeness (QED) is 0.757. The van der Waals surface area contributed by atoms with E-state index < -0.39 is 6.09 Å². The summed E-state index contributed by atoms with van der Waals surface area (Å²) < 4.78 is 4.98. The summed E-state index contributed by atoms with van der Waals surface area (Å²) in [6.07, 6.45) is -0.545. The fraction of sp³-hybridized carbons (Fsp3) is 0.800. The minimum atomic E-state index is -0.402. The number of hydrogen-bond acceptors (Lipinski definition) is 3. The van der Waals surface area contributed by atoms with Gasteiger partial charge in [-0.05, 0) is 13.8 Å². The van der Waals surface area contributed by atoms with E-state index in [0.717, 1.165) is 0 Å². The molecule has 2 amide bonds. The molecule has 0 aliphatic heterocycles.